The molecule has 1 aromatic rings. The molecule has 0 aliphatic heterocycles. The lowest BCUT2D eigenvalue weighted by Crippen LogP contribution is -2.35. The molecule has 1 aliphatic carbocycles. The molecular formula is C13H17BrFNO. The van der Waals surface area contributed by atoms with Crippen molar-refractivity contribution in [2.45, 2.75) is 44.4 Å². The standard InChI is InChI=1S/C13H17BrFNO/c14-12-6-9(4-5-13(12)15)8-16-10-2-1-3-11(17)7-10/h4-6,10-11,16-17H,1-3,7-8H2. The third-order valence-electron chi connectivity index (χ3n) is 3.23. The number of rotatable bonds is 3. The van der Waals surface area contributed by atoms with E-state index < -0.39 is 0 Å². The number of nitrogens with one attached hydrogen (secondary N) is 1. The lowest BCUT2D eigenvalue weighted by molar-refractivity contribution is 0.111. The van der Waals surface area contributed by atoms with Gasteiger partial charge >= 0.3 is 0 Å². The fourth-order valence-corrected chi connectivity index (χ4v) is 2.69. The Hall–Kier alpha value is -0.450. The predicted octanol–water partition coefficient (Wildman–Crippen LogP) is 2.98. The van der Waals surface area contributed by atoms with Crippen molar-refractivity contribution < 1.29 is 9.50 Å². The number of halogens is 2. The molecule has 1 fully saturated rings. The van der Waals surface area contributed by atoms with Crippen LogP contribution in [0.4, 0.5) is 4.39 Å². The summed E-state index contributed by atoms with van der Waals surface area (Å²) in [6.07, 6.45) is 3.76. The van der Waals surface area contributed by atoms with E-state index in [2.05, 4.69) is 21.2 Å². The van der Waals surface area contributed by atoms with Crippen LogP contribution in [0.1, 0.15) is 31.2 Å². The van der Waals surface area contributed by atoms with E-state index in [-0.39, 0.29) is 11.9 Å². The third kappa shape index (κ3) is 3.76. The van der Waals surface area contributed by atoms with E-state index in [1.54, 1.807) is 12.1 Å². The van der Waals surface area contributed by atoms with Gasteiger partial charge in [-0.25, -0.2) is 4.39 Å². The van der Waals surface area contributed by atoms with Gasteiger partial charge in [0.1, 0.15) is 5.82 Å². The monoisotopic (exact) mass is 301 g/mol. The molecule has 0 amide bonds. The first kappa shape index (κ1) is 13.0. The van der Waals surface area contributed by atoms with Crippen LogP contribution in [0.15, 0.2) is 22.7 Å². The molecule has 2 atom stereocenters. The quantitative estimate of drug-likeness (QED) is 0.899. The number of aliphatic hydroxyl groups is 1. The first-order valence-corrected chi connectivity index (χ1v) is 6.80. The summed E-state index contributed by atoms with van der Waals surface area (Å²) in [7, 11) is 0. The molecule has 1 aromatic carbocycles. The smallest absolute Gasteiger partial charge is 0.137 e. The number of hydrogen-bond acceptors (Lipinski definition) is 2. The Bertz CT molecular complexity index is 386. The molecule has 17 heavy (non-hydrogen) atoms. The Kier molecular flexibility index (Phi) is 4.54. The second-order valence-corrected chi connectivity index (χ2v) is 5.50. The van der Waals surface area contributed by atoms with Gasteiger partial charge < -0.3 is 10.4 Å². The average Bonchev–Trinajstić information content (AvgIpc) is 2.31. The van der Waals surface area contributed by atoms with E-state index in [0.717, 1.165) is 37.8 Å². The van der Waals surface area contributed by atoms with Gasteiger partial charge in [0.2, 0.25) is 0 Å². The molecule has 2 rings (SSSR count). The Morgan fingerprint density at radius 3 is 2.94 bits per heavy atom. The molecule has 0 aromatic heterocycles. The van der Waals surface area contributed by atoms with Crippen molar-refractivity contribution in [3.05, 3.63) is 34.1 Å². The largest absolute Gasteiger partial charge is 0.393 e. The van der Waals surface area contributed by atoms with E-state index >= 15 is 0 Å². The molecule has 1 saturated carbocycles. The van der Waals surface area contributed by atoms with Crippen LogP contribution in [0, 0.1) is 5.82 Å². The SMILES string of the molecule is OC1CCCC(NCc2ccc(F)c(Br)c2)C1. The number of aliphatic hydroxyl groups excluding tert-OH is 1. The van der Waals surface area contributed by atoms with Gasteiger partial charge in [-0.2, -0.15) is 0 Å². The van der Waals surface area contributed by atoms with E-state index in [4.69, 9.17) is 0 Å². The predicted molar refractivity (Wildman–Crippen MR) is 69.2 cm³/mol. The molecule has 2 nitrogen and oxygen atoms in total. The lowest BCUT2D eigenvalue weighted by Gasteiger charge is -2.26. The van der Waals surface area contributed by atoms with Crippen LogP contribution in [-0.2, 0) is 6.54 Å². The maximum atomic E-state index is 13.0. The van der Waals surface area contributed by atoms with E-state index in [0.29, 0.717) is 10.5 Å². The van der Waals surface area contributed by atoms with Crippen LogP contribution in [0.5, 0.6) is 0 Å². The van der Waals surface area contributed by atoms with Crippen molar-refractivity contribution in [2.24, 2.45) is 0 Å². The van der Waals surface area contributed by atoms with E-state index in [1.165, 1.54) is 6.07 Å². The van der Waals surface area contributed by atoms with Crippen molar-refractivity contribution in [1.29, 1.82) is 0 Å². The highest BCUT2D eigenvalue weighted by molar-refractivity contribution is 9.10. The molecule has 0 saturated heterocycles. The Morgan fingerprint density at radius 1 is 1.41 bits per heavy atom. The molecular weight excluding hydrogens is 285 g/mol. The summed E-state index contributed by atoms with van der Waals surface area (Å²) < 4.78 is 13.5. The van der Waals surface area contributed by atoms with Crippen molar-refractivity contribution >= 4 is 15.9 Å². The minimum atomic E-state index is -0.234. The van der Waals surface area contributed by atoms with Gasteiger partial charge in [0, 0.05) is 12.6 Å². The molecule has 94 valence electrons. The summed E-state index contributed by atoms with van der Waals surface area (Å²) in [5, 5.41) is 13.0. The Morgan fingerprint density at radius 2 is 2.24 bits per heavy atom. The van der Waals surface area contributed by atoms with Gasteiger partial charge in [0.05, 0.1) is 10.6 Å². The molecule has 4 heteroatoms. The molecule has 0 bridgehead atoms. The number of benzene rings is 1. The summed E-state index contributed by atoms with van der Waals surface area (Å²) in [6.45, 7) is 0.719. The van der Waals surface area contributed by atoms with Gasteiger partial charge in [0.15, 0.2) is 0 Å². The first-order valence-electron chi connectivity index (χ1n) is 6.00. The van der Waals surface area contributed by atoms with Crippen molar-refractivity contribution in [1.82, 2.24) is 5.32 Å². The van der Waals surface area contributed by atoms with Crippen LogP contribution in [-0.4, -0.2) is 17.3 Å². The molecule has 0 radical (unpaired) electrons. The second-order valence-electron chi connectivity index (χ2n) is 4.65. The topological polar surface area (TPSA) is 32.3 Å². The Labute approximate surface area is 109 Å². The van der Waals surface area contributed by atoms with Gasteiger partial charge in [-0.3, -0.25) is 0 Å². The fraction of sp³-hybridized carbons (Fsp3) is 0.538. The van der Waals surface area contributed by atoms with E-state index in [9.17, 15) is 9.50 Å². The number of hydrogen-bond donors (Lipinski definition) is 2. The minimum absolute atomic E-state index is 0.166. The summed E-state index contributed by atoms with van der Waals surface area (Å²) in [5.74, 6) is -0.234. The maximum absolute atomic E-state index is 13.0. The molecule has 0 spiro atoms. The molecule has 0 heterocycles. The highest BCUT2D eigenvalue weighted by Gasteiger charge is 2.19. The molecule has 2 unspecified atom stereocenters. The Balaban J connectivity index is 1.86. The highest BCUT2D eigenvalue weighted by Crippen LogP contribution is 2.20. The molecule has 2 N–H and O–H groups in total. The van der Waals surface area contributed by atoms with Crippen LogP contribution in [0.2, 0.25) is 0 Å². The third-order valence-corrected chi connectivity index (χ3v) is 3.83. The van der Waals surface area contributed by atoms with Gasteiger partial charge in [0.25, 0.3) is 0 Å². The van der Waals surface area contributed by atoms with E-state index in [1.807, 2.05) is 0 Å². The second kappa shape index (κ2) is 5.94. The first-order chi connectivity index (χ1) is 8.15. The fourth-order valence-electron chi connectivity index (χ4n) is 2.26. The zero-order valence-electron chi connectivity index (χ0n) is 9.63. The van der Waals surface area contributed by atoms with Gasteiger partial charge in [-0.1, -0.05) is 6.07 Å². The minimum Gasteiger partial charge on any atom is -0.393 e. The van der Waals surface area contributed by atoms with Gasteiger partial charge in [-0.05, 0) is 59.3 Å². The average molecular weight is 302 g/mol. The van der Waals surface area contributed by atoms with Crippen LogP contribution >= 0.6 is 15.9 Å². The normalized spacial score (nSPS) is 24.9. The zero-order chi connectivity index (χ0) is 12.3. The summed E-state index contributed by atoms with van der Waals surface area (Å²) in [5.41, 5.74) is 1.05. The summed E-state index contributed by atoms with van der Waals surface area (Å²) in [6, 6.07) is 5.42. The van der Waals surface area contributed by atoms with Crippen LogP contribution in [0.25, 0.3) is 0 Å². The van der Waals surface area contributed by atoms with Crippen molar-refractivity contribution in [3.63, 3.8) is 0 Å². The van der Waals surface area contributed by atoms with Gasteiger partial charge in [-0.15, -0.1) is 0 Å². The highest BCUT2D eigenvalue weighted by atomic mass is 79.9. The summed E-state index contributed by atoms with van der Waals surface area (Å²) in [4.78, 5) is 0. The zero-order valence-corrected chi connectivity index (χ0v) is 11.2. The van der Waals surface area contributed by atoms with Crippen molar-refractivity contribution in [2.75, 3.05) is 0 Å². The maximum Gasteiger partial charge on any atom is 0.137 e. The molecule has 1 aliphatic rings. The van der Waals surface area contributed by atoms with Crippen LogP contribution in [0.3, 0.4) is 0 Å². The lowest BCUT2D eigenvalue weighted by atomic mass is 9.93. The van der Waals surface area contributed by atoms with Crippen LogP contribution < -0.4 is 5.32 Å². The van der Waals surface area contributed by atoms with Crippen molar-refractivity contribution in [3.8, 4) is 0 Å². The summed E-state index contributed by atoms with van der Waals surface area (Å²) >= 11 is 3.18.